The Hall–Kier alpha value is -2.66. The van der Waals surface area contributed by atoms with E-state index in [1.54, 1.807) is 0 Å². The molecule has 5 aliphatic heterocycles. The number of benzene rings is 2. The second kappa shape index (κ2) is 9.42. The summed E-state index contributed by atoms with van der Waals surface area (Å²) >= 11 is 0. The fourth-order valence-corrected chi connectivity index (χ4v) is 9.96. The molecule has 0 spiro atoms. The minimum absolute atomic E-state index is 0.293. The third-order valence-corrected chi connectivity index (χ3v) is 12.1. The molecule has 8 rings (SSSR count). The molecular weight excluding hydrogens is 596 g/mol. The van der Waals surface area contributed by atoms with Gasteiger partial charge >= 0.3 is 0 Å². The molecule has 0 N–H and O–H groups in total. The highest BCUT2D eigenvalue weighted by molar-refractivity contribution is 8.13. The molecule has 0 amide bonds. The first-order valence-electron chi connectivity index (χ1n) is 14.8. The summed E-state index contributed by atoms with van der Waals surface area (Å²) in [5, 5.41) is 0. The predicted molar refractivity (Wildman–Crippen MR) is 157 cm³/mol. The Morgan fingerprint density at radius 2 is 1.69 bits per heavy atom. The van der Waals surface area contributed by atoms with Gasteiger partial charge < -0.3 is 14.2 Å². The average molecular weight is 627 g/mol. The van der Waals surface area contributed by atoms with Gasteiger partial charge in [-0.1, -0.05) is 12.1 Å². The maximum absolute atomic E-state index is 12.8. The molecule has 0 aromatic heterocycles. The zero-order chi connectivity index (χ0) is 29.0. The summed E-state index contributed by atoms with van der Waals surface area (Å²) in [5.74, 6) is 0.757. The van der Waals surface area contributed by atoms with Gasteiger partial charge in [0.2, 0.25) is 5.71 Å². The van der Waals surface area contributed by atoms with Gasteiger partial charge in [0.05, 0.1) is 15.4 Å². The molecule has 0 saturated carbocycles. The van der Waals surface area contributed by atoms with Gasteiger partial charge in [-0.3, -0.25) is 0 Å². The molecule has 0 radical (unpaired) electrons. The summed E-state index contributed by atoms with van der Waals surface area (Å²) in [6.45, 7) is 4.03. The van der Waals surface area contributed by atoms with Gasteiger partial charge in [-0.15, -0.1) is 0 Å². The van der Waals surface area contributed by atoms with E-state index in [1.165, 1.54) is 40.2 Å². The molecule has 5 heterocycles. The van der Waals surface area contributed by atoms with Gasteiger partial charge in [-0.25, -0.2) is 21.4 Å². The molecule has 2 atom stereocenters. The molecule has 2 aromatic rings. The zero-order valence-corrected chi connectivity index (χ0v) is 25.5. The summed E-state index contributed by atoms with van der Waals surface area (Å²) in [4.78, 5) is 1.50. The number of anilines is 1. The smallest absolute Gasteiger partial charge is 0.261 e. The maximum Gasteiger partial charge on any atom is 0.261 e. The molecule has 2 unspecified atom stereocenters. The number of hydrogen-bond donors (Lipinski definition) is 0. The highest BCUT2D eigenvalue weighted by Crippen LogP contribution is 2.56. The van der Waals surface area contributed by atoms with Gasteiger partial charge in [0.25, 0.3) is 9.05 Å². The van der Waals surface area contributed by atoms with Crippen molar-refractivity contribution in [2.24, 2.45) is 5.92 Å². The molecule has 6 aliphatic rings. The van der Waals surface area contributed by atoms with Crippen molar-refractivity contribution in [3.63, 3.8) is 0 Å². The van der Waals surface area contributed by atoms with Crippen LogP contribution in [-0.2, 0) is 32.0 Å². The Morgan fingerprint density at radius 1 is 0.929 bits per heavy atom. The molecule has 42 heavy (non-hydrogen) atoms. The number of halogens is 1. The average Bonchev–Trinajstić information content (AvgIpc) is 2.96. The van der Waals surface area contributed by atoms with Crippen LogP contribution in [0.4, 0.5) is 5.69 Å². The van der Waals surface area contributed by atoms with Crippen molar-refractivity contribution >= 4 is 41.3 Å². The number of fused-ring (bicyclic) bond motifs is 3. The normalized spacial score (nSPS) is 24.7. The van der Waals surface area contributed by atoms with Crippen LogP contribution in [-0.4, -0.2) is 57.9 Å². The second-order valence-corrected chi connectivity index (χ2v) is 16.2. The van der Waals surface area contributed by atoms with Crippen LogP contribution in [0, 0.1) is 5.92 Å². The quantitative estimate of drug-likeness (QED) is 0.279. The van der Waals surface area contributed by atoms with E-state index in [2.05, 4.69) is 21.6 Å². The van der Waals surface area contributed by atoms with Crippen LogP contribution in [0.25, 0.3) is 0 Å². The van der Waals surface area contributed by atoms with E-state index >= 15 is 0 Å². The van der Waals surface area contributed by atoms with Crippen molar-refractivity contribution in [3.05, 3.63) is 69.5 Å². The Bertz CT molecular complexity index is 1890. The number of aryl methyl sites for hydroxylation is 1. The standard InChI is InChI=1S/C31H31ClN2O6S2/c32-41(35,36)20-9-10-21(26(17-20)42(37,38)39)27-24-15-18-5-1-11-33-13-3-7-22(28(18)33)30(24)40-31-23-8-4-14-34-12-2-6-19(29(23)34)16-25(27)31/h9-10,15-17,24,27H,1-8,11-14H2. The third kappa shape index (κ3) is 4.05. The lowest BCUT2D eigenvalue weighted by molar-refractivity contribution is -0.533. The number of ether oxygens (including phenoxy) is 1. The first-order valence-corrected chi connectivity index (χ1v) is 18.5. The van der Waals surface area contributed by atoms with E-state index in [0.29, 0.717) is 5.56 Å². The number of nitrogens with zero attached hydrogens (tertiary/aromatic N) is 2. The fraction of sp³-hybridized carbons (Fsp3) is 0.452. The van der Waals surface area contributed by atoms with Gasteiger partial charge in [0.15, 0.2) is 0 Å². The van der Waals surface area contributed by atoms with Crippen LogP contribution in [0.2, 0.25) is 0 Å². The summed E-state index contributed by atoms with van der Waals surface area (Å²) < 4.78 is 72.2. The van der Waals surface area contributed by atoms with Gasteiger partial charge in [-0.2, -0.15) is 0 Å². The van der Waals surface area contributed by atoms with E-state index in [4.69, 9.17) is 15.4 Å². The minimum Gasteiger partial charge on any atom is -0.744 e. The topological polar surface area (TPSA) is 107 Å². The van der Waals surface area contributed by atoms with Crippen LogP contribution in [0.15, 0.2) is 57.0 Å². The lowest BCUT2D eigenvalue weighted by Crippen LogP contribution is -2.41. The van der Waals surface area contributed by atoms with Crippen LogP contribution < -0.4 is 9.64 Å². The Labute approximate surface area is 250 Å². The van der Waals surface area contributed by atoms with E-state index in [9.17, 15) is 21.4 Å². The van der Waals surface area contributed by atoms with Crippen LogP contribution in [0.5, 0.6) is 5.75 Å². The molecule has 1 aliphatic carbocycles. The molecule has 220 valence electrons. The predicted octanol–water partition coefficient (Wildman–Crippen LogP) is 4.59. The first kappa shape index (κ1) is 26.9. The van der Waals surface area contributed by atoms with E-state index in [0.717, 1.165) is 106 Å². The summed E-state index contributed by atoms with van der Waals surface area (Å²) in [6, 6.07) is 5.89. The van der Waals surface area contributed by atoms with Gasteiger partial charge in [0, 0.05) is 70.8 Å². The molecule has 0 saturated heterocycles. The van der Waals surface area contributed by atoms with Crippen LogP contribution in [0.3, 0.4) is 0 Å². The van der Waals surface area contributed by atoms with E-state index in [-0.39, 0.29) is 5.92 Å². The zero-order valence-electron chi connectivity index (χ0n) is 23.1. The summed E-state index contributed by atoms with van der Waals surface area (Å²) in [6.07, 6.45) is 9.91. The van der Waals surface area contributed by atoms with Crippen LogP contribution in [0.1, 0.15) is 66.7 Å². The van der Waals surface area contributed by atoms with E-state index < -0.39 is 34.9 Å². The molecule has 8 nitrogen and oxygen atoms in total. The molecular formula is C31H31ClN2O6S2. The molecule has 0 fully saturated rings. The lowest BCUT2D eigenvalue weighted by Gasteiger charge is -2.44. The summed E-state index contributed by atoms with van der Waals surface area (Å²) in [5.41, 5.74) is 8.49. The van der Waals surface area contributed by atoms with E-state index in [1.807, 2.05) is 0 Å². The first-order chi connectivity index (χ1) is 20.1. The number of allylic oxidation sites excluding steroid dienone is 3. The monoisotopic (exact) mass is 626 g/mol. The highest BCUT2D eigenvalue weighted by Gasteiger charge is 2.47. The highest BCUT2D eigenvalue weighted by atomic mass is 35.7. The van der Waals surface area contributed by atoms with Crippen molar-refractivity contribution in [2.45, 2.75) is 67.1 Å². The lowest BCUT2D eigenvalue weighted by atomic mass is 9.69. The van der Waals surface area contributed by atoms with Crippen molar-refractivity contribution in [1.82, 2.24) is 0 Å². The van der Waals surface area contributed by atoms with Gasteiger partial charge in [0.1, 0.15) is 34.7 Å². The third-order valence-electron chi connectivity index (χ3n) is 9.89. The van der Waals surface area contributed by atoms with Crippen molar-refractivity contribution in [2.75, 3.05) is 31.1 Å². The minimum atomic E-state index is -5.05. The Balaban J connectivity index is 1.45. The molecule has 0 bridgehead atoms. The maximum atomic E-state index is 12.8. The SMILES string of the molecule is O=S(=O)([O-])c1cc(S(=O)(=O)Cl)ccc1C1c2cc3c4c(c2OC2=C5CCC[N+]6=C5C(=CC21)CCC6)CCCN4CCC3. The number of rotatable bonds is 3. The molecule has 2 aromatic carbocycles. The van der Waals surface area contributed by atoms with Crippen molar-refractivity contribution in [1.29, 1.82) is 0 Å². The fourth-order valence-electron chi connectivity index (χ4n) is 8.35. The molecule has 11 heteroatoms. The van der Waals surface area contributed by atoms with Crippen LogP contribution >= 0.6 is 10.7 Å². The Kier molecular flexibility index (Phi) is 6.04. The second-order valence-electron chi connectivity index (χ2n) is 12.2. The van der Waals surface area contributed by atoms with Crippen molar-refractivity contribution < 1.29 is 30.7 Å². The Morgan fingerprint density at radius 3 is 2.45 bits per heavy atom. The summed E-state index contributed by atoms with van der Waals surface area (Å²) in [7, 11) is -3.70. The van der Waals surface area contributed by atoms with Gasteiger partial charge in [-0.05, 0) is 67.9 Å². The largest absolute Gasteiger partial charge is 0.744 e. The number of hydrogen-bond acceptors (Lipinski definition) is 7. The van der Waals surface area contributed by atoms with Crippen molar-refractivity contribution in [3.8, 4) is 5.75 Å².